The molecule has 0 spiro atoms. The van der Waals surface area contributed by atoms with Crippen LogP contribution >= 0.6 is 15.9 Å². The molecule has 2 N–H and O–H groups in total. The molecule has 0 saturated carbocycles. The number of nitrogens with zero attached hydrogens (tertiary/aromatic N) is 1. The molecule has 162 valence electrons. The SMILES string of the molecule is O=C1NC(=O)c2ccc(Br)cc2/C1=C/[AsH]c1ccc(CN2CCC(CCO)CC2)cc1. The first kappa shape index (κ1) is 22.5. The van der Waals surface area contributed by atoms with Crippen LogP contribution in [-0.2, 0) is 11.3 Å². The summed E-state index contributed by atoms with van der Waals surface area (Å²) in [4.78, 5) is 29.0. The number of halogens is 1. The molecule has 4 rings (SSSR count). The molecule has 2 heterocycles. The molecule has 0 bridgehead atoms. The molecular weight excluding hydrogens is 519 g/mol. The van der Waals surface area contributed by atoms with Crippen LogP contribution in [-0.4, -0.2) is 57.3 Å². The maximum atomic E-state index is 12.4. The zero-order chi connectivity index (χ0) is 21.8. The van der Waals surface area contributed by atoms with Gasteiger partial charge in [-0.3, -0.25) is 0 Å². The first-order valence-corrected chi connectivity index (χ1v) is 13.6. The van der Waals surface area contributed by atoms with Gasteiger partial charge in [-0.15, -0.1) is 0 Å². The second-order valence-corrected chi connectivity index (χ2v) is 11.4. The summed E-state index contributed by atoms with van der Waals surface area (Å²) in [5.41, 5.74) is 3.14. The normalized spacial score (nSPS) is 19.2. The molecule has 7 heteroatoms. The van der Waals surface area contributed by atoms with Crippen LogP contribution in [0.15, 0.2) is 51.8 Å². The third-order valence-corrected chi connectivity index (χ3v) is 8.78. The Morgan fingerprint density at radius 2 is 1.81 bits per heavy atom. The van der Waals surface area contributed by atoms with Crippen LogP contribution < -0.4 is 9.67 Å². The van der Waals surface area contributed by atoms with Crippen LogP contribution in [0.5, 0.6) is 0 Å². The molecule has 2 aliphatic heterocycles. The van der Waals surface area contributed by atoms with E-state index in [9.17, 15) is 9.59 Å². The van der Waals surface area contributed by atoms with E-state index in [1.54, 1.807) is 6.07 Å². The van der Waals surface area contributed by atoms with E-state index in [0.29, 0.717) is 29.2 Å². The summed E-state index contributed by atoms with van der Waals surface area (Å²) in [5, 5.41) is 11.6. The van der Waals surface area contributed by atoms with Crippen LogP contribution in [0.4, 0.5) is 0 Å². The fraction of sp³-hybridized carbons (Fsp3) is 0.333. The summed E-state index contributed by atoms with van der Waals surface area (Å²) < 4.78 is 2.10. The van der Waals surface area contributed by atoms with E-state index < -0.39 is 15.8 Å². The van der Waals surface area contributed by atoms with Gasteiger partial charge in [0.25, 0.3) is 0 Å². The van der Waals surface area contributed by atoms with Crippen molar-refractivity contribution >= 4 is 53.4 Å². The number of carbonyl (C=O) groups is 2. The molecule has 2 aromatic carbocycles. The summed E-state index contributed by atoms with van der Waals surface area (Å²) in [6, 6.07) is 14.1. The predicted octanol–water partition coefficient (Wildman–Crippen LogP) is 2.42. The van der Waals surface area contributed by atoms with Crippen molar-refractivity contribution in [3.05, 3.63) is 68.5 Å². The molecule has 0 aromatic heterocycles. The Kier molecular flexibility index (Phi) is 7.44. The number of likely N-dealkylation sites (tertiary alicyclic amines) is 1. The molecule has 2 aromatic rings. The number of nitrogens with one attached hydrogen (secondary N) is 1. The minimum absolute atomic E-state index is 0.298. The van der Waals surface area contributed by atoms with Crippen molar-refractivity contribution in [2.24, 2.45) is 5.92 Å². The molecule has 1 saturated heterocycles. The fourth-order valence-electron chi connectivity index (χ4n) is 4.18. The first-order valence-electron chi connectivity index (χ1n) is 10.6. The van der Waals surface area contributed by atoms with E-state index in [2.05, 4.69) is 50.4 Å². The summed E-state index contributed by atoms with van der Waals surface area (Å²) in [6.45, 7) is 3.44. The van der Waals surface area contributed by atoms with Crippen LogP contribution in [0.1, 0.15) is 40.7 Å². The molecule has 1 atom stereocenters. The topological polar surface area (TPSA) is 69.6 Å². The third-order valence-electron chi connectivity index (χ3n) is 5.98. The Balaban J connectivity index is 1.40. The van der Waals surface area contributed by atoms with E-state index in [1.165, 1.54) is 22.8 Å². The second kappa shape index (κ2) is 10.3. The first-order chi connectivity index (χ1) is 15.0. The molecular formula is C24H26AsBrN2O3. The van der Waals surface area contributed by atoms with Crippen molar-refractivity contribution in [1.82, 2.24) is 10.2 Å². The van der Waals surface area contributed by atoms with Crippen LogP contribution in [0.3, 0.4) is 0 Å². The van der Waals surface area contributed by atoms with Crippen LogP contribution in [0.25, 0.3) is 5.57 Å². The Hall–Kier alpha value is -1.72. The summed E-state index contributed by atoms with van der Waals surface area (Å²) in [5.74, 6) is 0.00932. The van der Waals surface area contributed by atoms with Crippen LogP contribution in [0, 0.1) is 5.92 Å². The molecule has 2 amide bonds. The van der Waals surface area contributed by atoms with Gasteiger partial charge in [0.05, 0.1) is 0 Å². The van der Waals surface area contributed by atoms with Gasteiger partial charge in [0.1, 0.15) is 0 Å². The van der Waals surface area contributed by atoms with Gasteiger partial charge in [0.15, 0.2) is 0 Å². The van der Waals surface area contributed by atoms with E-state index in [-0.39, 0.29) is 11.8 Å². The fourth-order valence-corrected chi connectivity index (χ4v) is 6.54. The van der Waals surface area contributed by atoms with Gasteiger partial charge in [-0.25, -0.2) is 0 Å². The molecule has 2 aliphatic rings. The van der Waals surface area contributed by atoms with Gasteiger partial charge in [-0.2, -0.15) is 0 Å². The van der Waals surface area contributed by atoms with Crippen molar-refractivity contribution in [1.29, 1.82) is 0 Å². The molecule has 1 fully saturated rings. The number of piperidine rings is 1. The summed E-state index contributed by atoms with van der Waals surface area (Å²) in [7, 11) is 0. The van der Waals surface area contributed by atoms with Gasteiger partial charge in [0, 0.05) is 0 Å². The zero-order valence-corrected chi connectivity index (χ0v) is 20.9. The van der Waals surface area contributed by atoms with Crippen molar-refractivity contribution in [3.63, 3.8) is 0 Å². The summed E-state index contributed by atoms with van der Waals surface area (Å²) in [6.07, 6.45) is 3.26. The number of carbonyl (C=O) groups excluding carboxylic acids is 2. The average Bonchev–Trinajstić information content (AvgIpc) is 2.76. The molecule has 31 heavy (non-hydrogen) atoms. The van der Waals surface area contributed by atoms with Crippen LogP contribution in [0.2, 0.25) is 0 Å². The number of fused-ring (bicyclic) bond motifs is 1. The zero-order valence-electron chi connectivity index (χ0n) is 17.2. The quantitative estimate of drug-likeness (QED) is 0.333. The number of aliphatic hydroxyl groups excluding tert-OH is 1. The van der Waals surface area contributed by atoms with Gasteiger partial charge < -0.3 is 0 Å². The Morgan fingerprint density at radius 1 is 1.06 bits per heavy atom. The number of imide groups is 1. The number of aliphatic hydroxyl groups is 1. The van der Waals surface area contributed by atoms with Crippen molar-refractivity contribution < 1.29 is 14.7 Å². The van der Waals surface area contributed by atoms with E-state index in [1.807, 2.05) is 17.0 Å². The Labute approximate surface area is 197 Å². The maximum absolute atomic E-state index is 12.4. The van der Waals surface area contributed by atoms with Gasteiger partial charge in [-0.05, 0) is 0 Å². The Bertz CT molecular complexity index is 998. The molecule has 1 unspecified atom stereocenters. The van der Waals surface area contributed by atoms with E-state index in [0.717, 1.165) is 30.5 Å². The second-order valence-electron chi connectivity index (χ2n) is 8.10. The number of benzene rings is 2. The standard InChI is InChI=1S/C24H26AsBrN2O3/c26-19-5-6-20-21(13-19)22(24(31)27-23(20)30)14-25-18-3-1-17(2-4-18)15-28-10-7-16(8-11-28)9-12-29/h1-6,13-14,16,25,29H,7-12,15H2,(H,27,30,31)/b22-14-. The average molecular weight is 545 g/mol. The van der Waals surface area contributed by atoms with Crippen molar-refractivity contribution in [2.45, 2.75) is 25.8 Å². The molecule has 5 nitrogen and oxygen atoms in total. The Morgan fingerprint density at radius 3 is 2.52 bits per heavy atom. The van der Waals surface area contributed by atoms with Crippen molar-refractivity contribution in [2.75, 3.05) is 19.7 Å². The minimum atomic E-state index is -0.661. The molecule has 0 radical (unpaired) electrons. The van der Waals surface area contributed by atoms with Crippen molar-refractivity contribution in [3.8, 4) is 0 Å². The van der Waals surface area contributed by atoms with E-state index in [4.69, 9.17) is 5.11 Å². The third kappa shape index (κ3) is 5.56. The number of rotatable bonds is 6. The van der Waals surface area contributed by atoms with Gasteiger partial charge in [0.2, 0.25) is 0 Å². The number of amides is 2. The predicted molar refractivity (Wildman–Crippen MR) is 128 cm³/mol. The molecule has 0 aliphatic carbocycles. The van der Waals surface area contributed by atoms with Gasteiger partial charge >= 0.3 is 198 Å². The monoisotopic (exact) mass is 544 g/mol. The van der Waals surface area contributed by atoms with Gasteiger partial charge in [-0.1, -0.05) is 0 Å². The number of hydrogen-bond donors (Lipinski definition) is 2. The van der Waals surface area contributed by atoms with E-state index >= 15 is 0 Å². The summed E-state index contributed by atoms with van der Waals surface area (Å²) >= 11 is 2.78. The number of hydrogen-bond acceptors (Lipinski definition) is 4.